The summed E-state index contributed by atoms with van der Waals surface area (Å²) in [5, 5.41) is 8.44. The molecule has 1 aromatic rings. The molecular formula is C16H27N3. The first kappa shape index (κ1) is 13.2. The Balaban J connectivity index is 1.50. The van der Waals surface area contributed by atoms with E-state index in [1.54, 1.807) is 0 Å². The van der Waals surface area contributed by atoms with E-state index in [1.807, 2.05) is 0 Å². The van der Waals surface area contributed by atoms with E-state index in [9.17, 15) is 0 Å². The number of nitrogens with one attached hydrogen (secondary N) is 1. The van der Waals surface area contributed by atoms with Crippen molar-refractivity contribution in [1.29, 1.82) is 0 Å². The smallest absolute Gasteiger partial charge is 0.0762 e. The Morgan fingerprint density at radius 1 is 1.21 bits per heavy atom. The number of rotatable bonds is 4. The molecule has 3 nitrogen and oxygen atoms in total. The van der Waals surface area contributed by atoms with Crippen LogP contribution >= 0.6 is 0 Å². The minimum Gasteiger partial charge on any atom is -0.308 e. The summed E-state index contributed by atoms with van der Waals surface area (Å²) >= 11 is 0. The second-order valence-electron chi connectivity index (χ2n) is 6.57. The number of hydrogen-bond acceptors (Lipinski definition) is 2. The lowest BCUT2D eigenvalue weighted by Gasteiger charge is -2.21. The molecule has 2 aliphatic rings. The largest absolute Gasteiger partial charge is 0.308 e. The number of aromatic nitrogens is 2. The van der Waals surface area contributed by atoms with Crippen LogP contribution in [0.4, 0.5) is 0 Å². The first-order chi connectivity index (χ1) is 9.31. The van der Waals surface area contributed by atoms with Gasteiger partial charge in [-0.25, -0.2) is 0 Å². The Bertz CT molecular complexity index is 392. The van der Waals surface area contributed by atoms with Gasteiger partial charge in [0.15, 0.2) is 0 Å². The molecule has 19 heavy (non-hydrogen) atoms. The molecule has 2 atom stereocenters. The molecule has 1 heterocycles. The Kier molecular flexibility index (Phi) is 4.21. The molecule has 2 aliphatic carbocycles. The summed E-state index contributed by atoms with van der Waals surface area (Å²) in [5.74, 6) is 0.900. The van der Waals surface area contributed by atoms with Crippen LogP contribution in [0.25, 0.3) is 0 Å². The maximum absolute atomic E-state index is 4.77. The van der Waals surface area contributed by atoms with Crippen molar-refractivity contribution in [1.82, 2.24) is 15.1 Å². The van der Waals surface area contributed by atoms with Crippen molar-refractivity contribution in [3.63, 3.8) is 0 Å². The molecule has 2 fully saturated rings. The Morgan fingerprint density at radius 2 is 2.05 bits per heavy atom. The normalized spacial score (nSPS) is 28.9. The Labute approximate surface area is 116 Å². The average molecular weight is 261 g/mol. The van der Waals surface area contributed by atoms with E-state index < -0.39 is 0 Å². The topological polar surface area (TPSA) is 29.9 Å². The molecule has 0 spiro atoms. The van der Waals surface area contributed by atoms with E-state index in [0.717, 1.165) is 18.5 Å². The third-order valence-electron chi connectivity index (χ3n) is 4.88. The van der Waals surface area contributed by atoms with Gasteiger partial charge in [0.2, 0.25) is 0 Å². The minimum atomic E-state index is 0.661. The van der Waals surface area contributed by atoms with Crippen molar-refractivity contribution < 1.29 is 0 Å². The van der Waals surface area contributed by atoms with E-state index in [4.69, 9.17) is 5.10 Å². The molecule has 0 aliphatic heterocycles. The van der Waals surface area contributed by atoms with Crippen LogP contribution in [0.3, 0.4) is 0 Å². The third kappa shape index (κ3) is 3.38. The molecule has 0 saturated heterocycles. The van der Waals surface area contributed by atoms with E-state index in [1.165, 1.54) is 57.1 Å². The Morgan fingerprint density at radius 3 is 2.79 bits per heavy atom. The fraction of sp³-hybridized carbons (Fsp3) is 0.812. The van der Waals surface area contributed by atoms with E-state index in [-0.39, 0.29) is 0 Å². The first-order valence-electron chi connectivity index (χ1n) is 8.08. The standard InChI is InChI=1S/C16H27N3/c1-13-7-8-14(11-13)17-12-15-9-10-19(18-15)16-5-3-2-4-6-16/h9-10,13-14,16-17H,2-8,11-12H2,1H3. The number of hydrogen-bond donors (Lipinski definition) is 1. The van der Waals surface area contributed by atoms with Gasteiger partial charge in [-0.1, -0.05) is 26.2 Å². The predicted octanol–water partition coefficient (Wildman–Crippen LogP) is 3.67. The second kappa shape index (κ2) is 6.08. The van der Waals surface area contributed by atoms with Gasteiger partial charge in [-0.15, -0.1) is 0 Å². The molecule has 2 unspecified atom stereocenters. The molecule has 0 radical (unpaired) electrons. The van der Waals surface area contributed by atoms with Crippen LogP contribution in [0, 0.1) is 5.92 Å². The Hall–Kier alpha value is -0.830. The third-order valence-corrected chi connectivity index (χ3v) is 4.88. The zero-order valence-electron chi connectivity index (χ0n) is 12.1. The highest BCUT2D eigenvalue weighted by molar-refractivity contribution is 5.00. The lowest BCUT2D eigenvalue weighted by atomic mass is 9.96. The van der Waals surface area contributed by atoms with Crippen LogP contribution in [0.2, 0.25) is 0 Å². The fourth-order valence-electron chi connectivity index (χ4n) is 3.66. The zero-order chi connectivity index (χ0) is 13.1. The molecule has 1 N–H and O–H groups in total. The second-order valence-corrected chi connectivity index (χ2v) is 6.57. The van der Waals surface area contributed by atoms with Crippen molar-refractivity contribution >= 4 is 0 Å². The van der Waals surface area contributed by atoms with Crippen molar-refractivity contribution in [3.8, 4) is 0 Å². The van der Waals surface area contributed by atoms with Crippen LogP contribution in [0.15, 0.2) is 12.3 Å². The van der Waals surface area contributed by atoms with E-state index in [0.29, 0.717) is 6.04 Å². The zero-order valence-corrected chi connectivity index (χ0v) is 12.1. The maximum Gasteiger partial charge on any atom is 0.0762 e. The van der Waals surface area contributed by atoms with Gasteiger partial charge < -0.3 is 5.32 Å². The summed E-state index contributed by atoms with van der Waals surface area (Å²) in [6, 6.07) is 3.57. The fourth-order valence-corrected chi connectivity index (χ4v) is 3.66. The lowest BCUT2D eigenvalue weighted by Crippen LogP contribution is -2.26. The molecule has 0 aromatic carbocycles. The molecule has 0 amide bonds. The van der Waals surface area contributed by atoms with Gasteiger partial charge >= 0.3 is 0 Å². The molecule has 3 rings (SSSR count). The van der Waals surface area contributed by atoms with Crippen molar-refractivity contribution in [2.75, 3.05) is 0 Å². The summed E-state index contributed by atoms with van der Waals surface area (Å²) in [4.78, 5) is 0. The van der Waals surface area contributed by atoms with Crippen molar-refractivity contribution in [3.05, 3.63) is 18.0 Å². The molecule has 2 saturated carbocycles. The van der Waals surface area contributed by atoms with Crippen LogP contribution in [-0.4, -0.2) is 15.8 Å². The van der Waals surface area contributed by atoms with Gasteiger partial charge in [0.1, 0.15) is 0 Å². The van der Waals surface area contributed by atoms with Crippen LogP contribution in [0.5, 0.6) is 0 Å². The van der Waals surface area contributed by atoms with Crippen molar-refractivity contribution in [2.24, 2.45) is 5.92 Å². The first-order valence-corrected chi connectivity index (χ1v) is 8.08. The van der Waals surface area contributed by atoms with Crippen LogP contribution in [0.1, 0.15) is 70.0 Å². The molecular weight excluding hydrogens is 234 g/mol. The summed E-state index contributed by atoms with van der Waals surface area (Å²) < 4.78 is 2.22. The van der Waals surface area contributed by atoms with Gasteiger partial charge in [0.05, 0.1) is 11.7 Å². The quantitative estimate of drug-likeness (QED) is 0.896. The molecule has 1 aromatic heterocycles. The summed E-state index contributed by atoms with van der Waals surface area (Å²) in [7, 11) is 0. The highest BCUT2D eigenvalue weighted by Crippen LogP contribution is 2.27. The summed E-state index contributed by atoms with van der Waals surface area (Å²) in [6.45, 7) is 3.30. The summed E-state index contributed by atoms with van der Waals surface area (Å²) in [5.41, 5.74) is 1.21. The highest BCUT2D eigenvalue weighted by Gasteiger charge is 2.21. The van der Waals surface area contributed by atoms with E-state index in [2.05, 4.69) is 29.2 Å². The minimum absolute atomic E-state index is 0.661. The molecule has 0 bridgehead atoms. The number of nitrogens with zero attached hydrogens (tertiary/aromatic N) is 2. The van der Waals surface area contributed by atoms with Gasteiger partial charge in [0.25, 0.3) is 0 Å². The highest BCUT2D eigenvalue weighted by atomic mass is 15.3. The maximum atomic E-state index is 4.77. The monoisotopic (exact) mass is 261 g/mol. The molecule has 3 heteroatoms. The predicted molar refractivity (Wildman–Crippen MR) is 78.0 cm³/mol. The van der Waals surface area contributed by atoms with Gasteiger partial charge in [-0.2, -0.15) is 5.10 Å². The molecule has 106 valence electrons. The SMILES string of the molecule is CC1CCC(NCc2ccn(C3CCCCC3)n2)C1. The lowest BCUT2D eigenvalue weighted by molar-refractivity contribution is 0.327. The van der Waals surface area contributed by atoms with Gasteiger partial charge in [0, 0.05) is 18.8 Å². The van der Waals surface area contributed by atoms with Gasteiger partial charge in [-0.05, 0) is 44.1 Å². The van der Waals surface area contributed by atoms with Gasteiger partial charge in [-0.3, -0.25) is 4.68 Å². The summed E-state index contributed by atoms with van der Waals surface area (Å²) in [6.07, 6.45) is 13.0. The van der Waals surface area contributed by atoms with E-state index >= 15 is 0 Å². The average Bonchev–Trinajstić information content (AvgIpc) is 3.06. The van der Waals surface area contributed by atoms with Crippen LogP contribution < -0.4 is 5.32 Å². The van der Waals surface area contributed by atoms with Crippen molar-refractivity contribution in [2.45, 2.75) is 76.9 Å². The van der Waals surface area contributed by atoms with Crippen LogP contribution in [-0.2, 0) is 6.54 Å².